The van der Waals surface area contributed by atoms with Gasteiger partial charge in [0, 0.05) is 5.02 Å². The van der Waals surface area contributed by atoms with Gasteiger partial charge in [-0.05, 0) is 41.5 Å². The molecule has 0 unspecified atom stereocenters. The number of rotatable bonds is 1. The first-order valence-electron chi connectivity index (χ1n) is 4.76. The van der Waals surface area contributed by atoms with Crippen LogP contribution in [0.4, 0.5) is 8.78 Å². The molecule has 0 spiro atoms. The minimum atomic E-state index is -0.634. The number of nitriles is 1. The van der Waals surface area contributed by atoms with E-state index in [0.29, 0.717) is 11.1 Å². The fourth-order valence-electron chi connectivity index (χ4n) is 1.51. The molecule has 0 saturated carbocycles. The third-order valence-electron chi connectivity index (χ3n) is 2.29. The Morgan fingerprint density at radius 3 is 2.35 bits per heavy atom. The average molecular weight is 250 g/mol. The molecule has 0 heterocycles. The number of nitrogens with zero attached hydrogens (tertiary/aromatic N) is 1. The van der Waals surface area contributed by atoms with E-state index in [0.717, 1.165) is 0 Å². The van der Waals surface area contributed by atoms with Gasteiger partial charge in [0.05, 0.1) is 5.56 Å². The Hall–Kier alpha value is -1.92. The van der Waals surface area contributed by atoms with E-state index in [4.69, 9.17) is 16.9 Å². The van der Waals surface area contributed by atoms with E-state index in [2.05, 4.69) is 0 Å². The van der Waals surface area contributed by atoms with Gasteiger partial charge in [0.1, 0.15) is 17.7 Å². The van der Waals surface area contributed by atoms with Crippen molar-refractivity contribution < 1.29 is 8.78 Å². The van der Waals surface area contributed by atoms with Crippen LogP contribution < -0.4 is 0 Å². The molecule has 4 heteroatoms. The average Bonchev–Trinajstić information content (AvgIpc) is 2.27. The molecule has 0 saturated heterocycles. The minimum Gasteiger partial charge on any atom is -0.207 e. The van der Waals surface area contributed by atoms with E-state index in [1.54, 1.807) is 12.1 Å². The molecule has 0 N–H and O–H groups in total. The summed E-state index contributed by atoms with van der Waals surface area (Å²) >= 11 is 5.71. The van der Waals surface area contributed by atoms with Crippen molar-refractivity contribution in [2.45, 2.75) is 0 Å². The molecule has 0 aliphatic rings. The molecule has 84 valence electrons. The third kappa shape index (κ3) is 2.43. The van der Waals surface area contributed by atoms with Gasteiger partial charge in [-0.25, -0.2) is 8.78 Å². The predicted octanol–water partition coefficient (Wildman–Crippen LogP) is 4.16. The van der Waals surface area contributed by atoms with Crippen LogP contribution in [0, 0.1) is 23.0 Å². The Balaban J connectivity index is 2.54. The highest BCUT2D eigenvalue weighted by Crippen LogP contribution is 2.25. The first kappa shape index (κ1) is 11.6. The minimum absolute atomic E-state index is 0.0451. The predicted molar refractivity (Wildman–Crippen MR) is 61.5 cm³/mol. The van der Waals surface area contributed by atoms with Crippen LogP contribution in [0.15, 0.2) is 36.4 Å². The van der Waals surface area contributed by atoms with E-state index in [1.165, 1.54) is 30.3 Å². The van der Waals surface area contributed by atoms with Gasteiger partial charge in [-0.2, -0.15) is 5.26 Å². The first-order chi connectivity index (χ1) is 8.10. The molecule has 0 amide bonds. The topological polar surface area (TPSA) is 23.8 Å². The van der Waals surface area contributed by atoms with E-state index in [9.17, 15) is 8.78 Å². The maximum Gasteiger partial charge on any atom is 0.141 e. The number of hydrogen-bond donors (Lipinski definition) is 0. The molecular weight excluding hydrogens is 244 g/mol. The Morgan fingerprint density at radius 2 is 1.76 bits per heavy atom. The molecule has 0 fully saturated rings. The largest absolute Gasteiger partial charge is 0.207 e. The van der Waals surface area contributed by atoms with Crippen LogP contribution in [0.25, 0.3) is 11.1 Å². The quantitative estimate of drug-likeness (QED) is 0.745. The van der Waals surface area contributed by atoms with Crippen LogP contribution in [0.5, 0.6) is 0 Å². The second kappa shape index (κ2) is 4.52. The van der Waals surface area contributed by atoms with Crippen LogP contribution in [0.3, 0.4) is 0 Å². The third-order valence-corrected chi connectivity index (χ3v) is 2.50. The highest BCUT2D eigenvalue weighted by atomic mass is 35.5. The standard InChI is InChI=1S/C13H6ClF2N/c14-11-3-10(4-12(15)6-11)8-1-2-9(7-17)13(16)5-8/h1-6H. The van der Waals surface area contributed by atoms with Crippen molar-refractivity contribution in [3.05, 3.63) is 58.6 Å². The van der Waals surface area contributed by atoms with E-state index < -0.39 is 11.6 Å². The van der Waals surface area contributed by atoms with Crippen molar-refractivity contribution in [3.8, 4) is 17.2 Å². The summed E-state index contributed by atoms with van der Waals surface area (Å²) in [4.78, 5) is 0. The summed E-state index contributed by atoms with van der Waals surface area (Å²) in [5.74, 6) is -1.12. The molecule has 0 radical (unpaired) electrons. The molecule has 0 aliphatic carbocycles. The molecule has 2 rings (SSSR count). The van der Waals surface area contributed by atoms with Crippen molar-refractivity contribution in [1.29, 1.82) is 5.26 Å². The summed E-state index contributed by atoms with van der Waals surface area (Å²) < 4.78 is 26.5. The van der Waals surface area contributed by atoms with Gasteiger partial charge in [0.15, 0.2) is 0 Å². The molecule has 2 aromatic carbocycles. The Bertz CT molecular complexity index is 597. The van der Waals surface area contributed by atoms with Crippen molar-refractivity contribution >= 4 is 11.6 Å². The van der Waals surface area contributed by atoms with Crippen molar-refractivity contribution in [1.82, 2.24) is 0 Å². The summed E-state index contributed by atoms with van der Waals surface area (Å²) in [6.07, 6.45) is 0. The molecule has 0 bridgehead atoms. The summed E-state index contributed by atoms with van der Waals surface area (Å²) in [5, 5.41) is 8.84. The van der Waals surface area contributed by atoms with E-state index in [-0.39, 0.29) is 10.6 Å². The molecular formula is C13H6ClF2N. The highest BCUT2D eigenvalue weighted by molar-refractivity contribution is 6.30. The van der Waals surface area contributed by atoms with Crippen molar-refractivity contribution in [3.63, 3.8) is 0 Å². The SMILES string of the molecule is N#Cc1ccc(-c2cc(F)cc(Cl)c2)cc1F. The monoisotopic (exact) mass is 249 g/mol. The lowest BCUT2D eigenvalue weighted by Gasteiger charge is -2.04. The van der Waals surface area contributed by atoms with Crippen LogP contribution in [0.1, 0.15) is 5.56 Å². The van der Waals surface area contributed by atoms with Gasteiger partial charge in [0.2, 0.25) is 0 Å². The zero-order valence-corrected chi connectivity index (χ0v) is 9.30. The normalized spacial score (nSPS) is 10.0. The van der Waals surface area contributed by atoms with Crippen molar-refractivity contribution in [2.75, 3.05) is 0 Å². The van der Waals surface area contributed by atoms with Gasteiger partial charge in [-0.15, -0.1) is 0 Å². The number of hydrogen-bond acceptors (Lipinski definition) is 1. The fraction of sp³-hybridized carbons (Fsp3) is 0. The molecule has 1 nitrogen and oxygen atoms in total. The second-order valence-electron chi connectivity index (χ2n) is 3.46. The summed E-state index contributed by atoms with van der Waals surface area (Å²) in [7, 11) is 0. The maximum absolute atomic E-state index is 13.4. The molecule has 0 aliphatic heterocycles. The van der Waals surface area contributed by atoms with Crippen molar-refractivity contribution in [2.24, 2.45) is 0 Å². The van der Waals surface area contributed by atoms with Gasteiger partial charge in [-0.1, -0.05) is 17.7 Å². The van der Waals surface area contributed by atoms with Gasteiger partial charge in [0.25, 0.3) is 0 Å². The summed E-state index contributed by atoms with van der Waals surface area (Å²) in [6, 6.07) is 9.77. The van der Waals surface area contributed by atoms with Crippen LogP contribution >= 0.6 is 11.6 Å². The summed E-state index contributed by atoms with van der Waals surface area (Å²) in [5.41, 5.74) is 0.900. The molecule has 17 heavy (non-hydrogen) atoms. The van der Waals surface area contributed by atoms with Crippen LogP contribution in [-0.4, -0.2) is 0 Å². The first-order valence-corrected chi connectivity index (χ1v) is 5.14. The molecule has 2 aromatic rings. The smallest absolute Gasteiger partial charge is 0.141 e. The molecule has 0 atom stereocenters. The maximum atomic E-state index is 13.4. The Kier molecular flexibility index (Phi) is 3.08. The molecule has 0 aromatic heterocycles. The number of halogens is 3. The van der Waals surface area contributed by atoms with E-state index in [1.807, 2.05) is 0 Å². The van der Waals surface area contributed by atoms with Crippen LogP contribution in [0.2, 0.25) is 5.02 Å². The fourth-order valence-corrected chi connectivity index (χ4v) is 1.73. The van der Waals surface area contributed by atoms with Crippen LogP contribution in [-0.2, 0) is 0 Å². The Morgan fingerprint density at radius 1 is 1.00 bits per heavy atom. The van der Waals surface area contributed by atoms with Gasteiger partial charge < -0.3 is 0 Å². The van der Waals surface area contributed by atoms with Gasteiger partial charge in [-0.3, -0.25) is 0 Å². The van der Waals surface area contributed by atoms with E-state index >= 15 is 0 Å². The lowest BCUT2D eigenvalue weighted by molar-refractivity contribution is 0.623. The lowest BCUT2D eigenvalue weighted by atomic mass is 10.0. The lowest BCUT2D eigenvalue weighted by Crippen LogP contribution is -1.86. The second-order valence-corrected chi connectivity index (χ2v) is 3.90. The zero-order chi connectivity index (χ0) is 12.4. The number of benzene rings is 2. The van der Waals surface area contributed by atoms with Gasteiger partial charge >= 0.3 is 0 Å². The highest BCUT2D eigenvalue weighted by Gasteiger charge is 2.06. The Labute approximate surface area is 102 Å². The zero-order valence-electron chi connectivity index (χ0n) is 8.55. The summed E-state index contributed by atoms with van der Waals surface area (Å²) in [6.45, 7) is 0.